The zero-order valence-corrected chi connectivity index (χ0v) is 25.3. The minimum absolute atomic E-state index is 0.0332. The summed E-state index contributed by atoms with van der Waals surface area (Å²) in [5.41, 5.74) is 0.812. The maximum atomic E-state index is 13.2. The number of ether oxygens (including phenoxy) is 6. The van der Waals surface area contributed by atoms with Gasteiger partial charge in [-0.3, -0.25) is 4.79 Å². The Morgan fingerprint density at radius 3 is 1.87 bits per heavy atom. The molecule has 3 aromatic carbocycles. The number of phenolic OH excluding ortho intramolecular Hbond substituents is 2. The van der Waals surface area contributed by atoms with Crippen molar-refractivity contribution in [3.8, 4) is 23.0 Å². The number of urea groups is 1. The number of nitrogens with one attached hydrogen (secondary N) is 2. The summed E-state index contributed by atoms with van der Waals surface area (Å²) in [5, 5.41) is 25.6. The molecule has 0 aliphatic carbocycles. The quantitative estimate of drug-likeness (QED) is 0.133. The number of amides is 2. The number of carbonyl (C=O) groups excluding carboxylic acids is 3. The van der Waals surface area contributed by atoms with Crippen LogP contribution in [0.5, 0.6) is 23.0 Å². The van der Waals surface area contributed by atoms with Crippen LogP contribution in [-0.4, -0.2) is 87.4 Å². The number of hydrogen-bond acceptors (Lipinski definition) is 11. The predicted octanol–water partition coefficient (Wildman–Crippen LogP) is 3.83. The van der Waals surface area contributed by atoms with Gasteiger partial charge in [0.2, 0.25) is 0 Å². The van der Waals surface area contributed by atoms with E-state index in [2.05, 4.69) is 10.6 Å². The zero-order chi connectivity index (χ0) is 32.5. The number of carbonyl (C=O) groups is 3. The SMILES string of the molecule is CC(=O)CCOCCOCCOCCOCCNC(=O)Nc1ccc2c(c1)C(=O)OC21c2ccc(O)cc2Oc2cc(O)ccc21. The molecule has 0 fully saturated rings. The lowest BCUT2D eigenvalue weighted by atomic mass is 9.77. The fraction of sp³-hybridized carbons (Fsp3) is 0.364. The first-order valence-electron chi connectivity index (χ1n) is 14.9. The molecule has 0 bridgehead atoms. The number of ketones is 1. The van der Waals surface area contributed by atoms with E-state index >= 15 is 0 Å². The molecule has 3 aromatic rings. The normalized spacial score (nSPS) is 13.7. The van der Waals surface area contributed by atoms with Crippen molar-refractivity contribution in [2.45, 2.75) is 18.9 Å². The second-order valence-electron chi connectivity index (χ2n) is 10.6. The van der Waals surface area contributed by atoms with Gasteiger partial charge in [0.25, 0.3) is 0 Å². The van der Waals surface area contributed by atoms with E-state index in [4.69, 9.17) is 28.4 Å². The second kappa shape index (κ2) is 15.1. The van der Waals surface area contributed by atoms with Gasteiger partial charge in [-0.2, -0.15) is 0 Å². The van der Waals surface area contributed by atoms with Crippen molar-refractivity contribution < 1.29 is 53.0 Å². The van der Waals surface area contributed by atoms with E-state index in [1.807, 2.05) is 0 Å². The number of esters is 1. The van der Waals surface area contributed by atoms with Crippen molar-refractivity contribution in [2.75, 3.05) is 64.7 Å². The maximum Gasteiger partial charge on any atom is 0.340 e. The van der Waals surface area contributed by atoms with Crippen LogP contribution in [0.15, 0.2) is 54.6 Å². The summed E-state index contributed by atoms with van der Waals surface area (Å²) in [6.45, 7) is 4.86. The number of hydrogen-bond donors (Lipinski definition) is 4. The van der Waals surface area contributed by atoms with E-state index in [1.165, 1.54) is 31.2 Å². The molecule has 4 N–H and O–H groups in total. The number of fused-ring (bicyclic) bond motifs is 6. The van der Waals surface area contributed by atoms with Gasteiger partial charge < -0.3 is 49.3 Å². The Morgan fingerprint density at radius 1 is 0.739 bits per heavy atom. The molecular formula is C33H36N2O11. The third-order valence-electron chi connectivity index (χ3n) is 7.28. The topological polar surface area (TPSA) is 171 Å². The number of benzene rings is 3. The molecular weight excluding hydrogens is 600 g/mol. The summed E-state index contributed by atoms with van der Waals surface area (Å²) in [4.78, 5) is 36.6. The van der Waals surface area contributed by atoms with Gasteiger partial charge in [0.05, 0.1) is 58.4 Å². The van der Waals surface area contributed by atoms with E-state index < -0.39 is 17.6 Å². The molecule has 5 rings (SSSR count). The van der Waals surface area contributed by atoms with Crippen LogP contribution in [0.3, 0.4) is 0 Å². The monoisotopic (exact) mass is 636 g/mol. The molecule has 13 heteroatoms. The van der Waals surface area contributed by atoms with Crippen molar-refractivity contribution >= 4 is 23.5 Å². The van der Waals surface area contributed by atoms with Gasteiger partial charge in [0.1, 0.15) is 28.8 Å². The summed E-state index contributed by atoms with van der Waals surface area (Å²) >= 11 is 0. The summed E-state index contributed by atoms with van der Waals surface area (Å²) in [6.07, 6.45) is 0.405. The van der Waals surface area contributed by atoms with Crippen LogP contribution in [0.4, 0.5) is 10.5 Å². The first-order chi connectivity index (χ1) is 22.3. The van der Waals surface area contributed by atoms with Crippen LogP contribution in [0.2, 0.25) is 0 Å². The van der Waals surface area contributed by atoms with Gasteiger partial charge >= 0.3 is 12.0 Å². The summed E-state index contributed by atoms with van der Waals surface area (Å²) in [6, 6.07) is 13.5. The van der Waals surface area contributed by atoms with Gasteiger partial charge in [-0.25, -0.2) is 9.59 Å². The standard InChI is InChI=1S/C33H36N2O11/c1-21(36)8-10-41-12-14-43-16-17-44-15-13-42-11-9-34-32(40)35-22-2-5-26-25(18-22)31(39)46-33(26)27-6-3-23(37)19-29(27)45-30-20-24(38)4-7-28(30)33/h2-7,18-20,37-38H,8-17H2,1H3,(H2,34,35,40). The number of rotatable bonds is 16. The van der Waals surface area contributed by atoms with E-state index in [0.29, 0.717) is 75.0 Å². The molecule has 0 unspecified atom stereocenters. The maximum absolute atomic E-state index is 13.2. The molecule has 244 valence electrons. The van der Waals surface area contributed by atoms with Crippen LogP contribution >= 0.6 is 0 Å². The van der Waals surface area contributed by atoms with Crippen LogP contribution in [0.1, 0.15) is 40.4 Å². The highest BCUT2D eigenvalue weighted by molar-refractivity contribution is 5.99. The Labute approximate surface area is 265 Å². The molecule has 0 atom stereocenters. The lowest BCUT2D eigenvalue weighted by Gasteiger charge is -2.36. The molecule has 0 saturated carbocycles. The average molecular weight is 637 g/mol. The Hall–Kier alpha value is -4.69. The molecule has 46 heavy (non-hydrogen) atoms. The third kappa shape index (κ3) is 7.57. The first-order valence-corrected chi connectivity index (χ1v) is 14.9. The van der Waals surface area contributed by atoms with Crippen LogP contribution < -0.4 is 15.4 Å². The molecule has 1 spiro atoms. The van der Waals surface area contributed by atoms with Crippen molar-refractivity contribution in [1.82, 2.24) is 5.32 Å². The van der Waals surface area contributed by atoms with E-state index in [1.54, 1.807) is 30.3 Å². The number of Topliss-reactive ketones (excluding diaryl/α,β-unsaturated/α-hetero) is 1. The Bertz CT molecular complexity index is 1520. The fourth-order valence-corrected chi connectivity index (χ4v) is 5.17. The minimum Gasteiger partial charge on any atom is -0.508 e. The van der Waals surface area contributed by atoms with Gasteiger partial charge in [-0.1, -0.05) is 6.07 Å². The number of anilines is 1. The summed E-state index contributed by atoms with van der Waals surface area (Å²) in [5.74, 6) is -0.0103. The molecule has 0 radical (unpaired) electrons. The molecule has 0 aromatic heterocycles. The average Bonchev–Trinajstić information content (AvgIpc) is 3.30. The minimum atomic E-state index is -1.38. The third-order valence-corrected chi connectivity index (χ3v) is 7.28. The molecule has 2 aliphatic heterocycles. The fourth-order valence-electron chi connectivity index (χ4n) is 5.17. The Morgan fingerprint density at radius 2 is 1.28 bits per heavy atom. The molecule has 2 aliphatic rings. The van der Waals surface area contributed by atoms with Gasteiger partial charge in [0.15, 0.2) is 5.60 Å². The summed E-state index contributed by atoms with van der Waals surface area (Å²) < 4.78 is 33.6. The highest BCUT2D eigenvalue weighted by Crippen LogP contribution is 2.57. The summed E-state index contributed by atoms with van der Waals surface area (Å²) in [7, 11) is 0. The highest BCUT2D eigenvalue weighted by Gasteiger charge is 2.53. The van der Waals surface area contributed by atoms with Crippen LogP contribution in [0.25, 0.3) is 0 Å². The molecule has 13 nitrogen and oxygen atoms in total. The van der Waals surface area contributed by atoms with E-state index in [9.17, 15) is 24.6 Å². The Balaban J connectivity index is 1.07. The molecule has 0 saturated heterocycles. The van der Waals surface area contributed by atoms with Crippen molar-refractivity contribution in [1.29, 1.82) is 0 Å². The van der Waals surface area contributed by atoms with Crippen molar-refractivity contribution in [3.05, 3.63) is 76.9 Å². The van der Waals surface area contributed by atoms with E-state index in [-0.39, 0.29) is 47.5 Å². The highest BCUT2D eigenvalue weighted by atomic mass is 16.6. The molecule has 2 heterocycles. The van der Waals surface area contributed by atoms with Crippen molar-refractivity contribution in [2.24, 2.45) is 0 Å². The first kappa shape index (κ1) is 32.7. The second-order valence-corrected chi connectivity index (χ2v) is 10.6. The predicted molar refractivity (Wildman–Crippen MR) is 164 cm³/mol. The van der Waals surface area contributed by atoms with E-state index in [0.717, 1.165) is 0 Å². The molecule has 2 amide bonds. The largest absolute Gasteiger partial charge is 0.508 e. The van der Waals surface area contributed by atoms with Crippen LogP contribution in [-0.2, 0) is 34.1 Å². The lowest BCUT2D eigenvalue weighted by molar-refractivity contribution is -0.118. The van der Waals surface area contributed by atoms with Crippen LogP contribution in [0, 0.1) is 0 Å². The number of aromatic hydroxyl groups is 2. The number of phenols is 2. The van der Waals surface area contributed by atoms with Gasteiger partial charge in [-0.05, 0) is 43.3 Å². The smallest absolute Gasteiger partial charge is 0.340 e. The lowest BCUT2D eigenvalue weighted by Crippen LogP contribution is -2.33. The van der Waals surface area contributed by atoms with Crippen molar-refractivity contribution in [3.63, 3.8) is 0 Å². The van der Waals surface area contributed by atoms with Gasteiger partial charge in [0, 0.05) is 47.5 Å². The Kier molecular flexibility index (Phi) is 10.7. The van der Waals surface area contributed by atoms with Gasteiger partial charge in [-0.15, -0.1) is 0 Å². The zero-order valence-electron chi connectivity index (χ0n) is 25.3.